The molecule has 0 bridgehead atoms. The molecule has 1 aliphatic heterocycles. The standard InChI is InChI=1S/C17H24N2O3/c1-21-7-8-22-14-4-2-3-12(9-14)17(20)19-10-13-5-6-16(18)15(13)11-19/h2-4,9,13,15-16H,5-8,10-11,18H2,1H3. The smallest absolute Gasteiger partial charge is 0.254 e. The number of likely N-dealkylation sites (tertiary alicyclic amines) is 1. The molecular formula is C17H24N2O3. The highest BCUT2D eigenvalue weighted by Gasteiger charge is 2.42. The number of nitrogens with zero attached hydrogens (tertiary/aromatic N) is 1. The number of fused-ring (bicyclic) bond motifs is 1. The maximum absolute atomic E-state index is 12.7. The number of carbonyl (C=O) groups excluding carboxylic acids is 1. The van der Waals surface area contributed by atoms with Gasteiger partial charge in [-0.25, -0.2) is 0 Å². The van der Waals surface area contributed by atoms with E-state index >= 15 is 0 Å². The summed E-state index contributed by atoms with van der Waals surface area (Å²) in [7, 11) is 1.64. The highest BCUT2D eigenvalue weighted by molar-refractivity contribution is 5.94. The molecule has 22 heavy (non-hydrogen) atoms. The molecule has 1 amide bonds. The molecule has 1 aromatic carbocycles. The molecule has 3 unspecified atom stereocenters. The molecule has 0 aromatic heterocycles. The van der Waals surface area contributed by atoms with Gasteiger partial charge in [-0.2, -0.15) is 0 Å². The lowest BCUT2D eigenvalue weighted by Gasteiger charge is -2.19. The Morgan fingerprint density at radius 1 is 1.32 bits per heavy atom. The highest BCUT2D eigenvalue weighted by atomic mass is 16.5. The first-order chi connectivity index (χ1) is 10.7. The third-order valence-electron chi connectivity index (χ3n) is 4.84. The van der Waals surface area contributed by atoms with Gasteiger partial charge in [0.05, 0.1) is 6.61 Å². The summed E-state index contributed by atoms with van der Waals surface area (Å²) in [4.78, 5) is 14.6. The Morgan fingerprint density at radius 3 is 2.95 bits per heavy atom. The number of benzene rings is 1. The zero-order valence-electron chi connectivity index (χ0n) is 13.0. The van der Waals surface area contributed by atoms with Crippen molar-refractivity contribution in [2.45, 2.75) is 18.9 Å². The molecule has 2 aliphatic rings. The normalized spacial score (nSPS) is 27.0. The third-order valence-corrected chi connectivity index (χ3v) is 4.84. The average Bonchev–Trinajstić information content (AvgIpc) is 3.10. The third kappa shape index (κ3) is 3.10. The van der Waals surface area contributed by atoms with Gasteiger partial charge in [0, 0.05) is 31.8 Å². The van der Waals surface area contributed by atoms with E-state index in [1.807, 2.05) is 29.2 Å². The zero-order valence-corrected chi connectivity index (χ0v) is 13.0. The molecule has 2 N–H and O–H groups in total. The van der Waals surface area contributed by atoms with Crippen LogP contribution >= 0.6 is 0 Å². The summed E-state index contributed by atoms with van der Waals surface area (Å²) >= 11 is 0. The maximum atomic E-state index is 12.7. The van der Waals surface area contributed by atoms with Crippen molar-refractivity contribution in [3.63, 3.8) is 0 Å². The summed E-state index contributed by atoms with van der Waals surface area (Å²) in [5, 5.41) is 0. The van der Waals surface area contributed by atoms with Gasteiger partial charge >= 0.3 is 0 Å². The van der Waals surface area contributed by atoms with Crippen LogP contribution in [0.15, 0.2) is 24.3 Å². The number of amides is 1. The van der Waals surface area contributed by atoms with Crippen LogP contribution in [0.5, 0.6) is 5.75 Å². The number of methoxy groups -OCH3 is 1. The first-order valence-electron chi connectivity index (χ1n) is 7.95. The first kappa shape index (κ1) is 15.3. The van der Waals surface area contributed by atoms with E-state index in [4.69, 9.17) is 15.2 Å². The van der Waals surface area contributed by atoms with E-state index < -0.39 is 0 Å². The van der Waals surface area contributed by atoms with Crippen molar-refractivity contribution in [3.8, 4) is 5.75 Å². The lowest BCUT2D eigenvalue weighted by Crippen LogP contribution is -2.33. The molecule has 0 spiro atoms. The summed E-state index contributed by atoms with van der Waals surface area (Å²) in [6, 6.07) is 7.64. The Labute approximate surface area is 131 Å². The molecule has 1 saturated heterocycles. The highest BCUT2D eigenvalue weighted by Crippen LogP contribution is 2.37. The van der Waals surface area contributed by atoms with Gasteiger partial charge in [-0.05, 0) is 42.9 Å². The van der Waals surface area contributed by atoms with Crippen molar-refractivity contribution >= 4 is 5.91 Å². The average molecular weight is 304 g/mol. The summed E-state index contributed by atoms with van der Waals surface area (Å²) in [6.45, 7) is 2.65. The van der Waals surface area contributed by atoms with Crippen molar-refractivity contribution in [2.75, 3.05) is 33.4 Å². The number of carbonyl (C=O) groups is 1. The maximum Gasteiger partial charge on any atom is 0.254 e. The van der Waals surface area contributed by atoms with E-state index in [1.54, 1.807) is 7.11 Å². The van der Waals surface area contributed by atoms with Gasteiger partial charge in [0.15, 0.2) is 0 Å². The molecule has 1 saturated carbocycles. The molecule has 0 radical (unpaired) electrons. The molecule has 3 rings (SSSR count). The van der Waals surface area contributed by atoms with Crippen LogP contribution in [0.1, 0.15) is 23.2 Å². The van der Waals surface area contributed by atoms with Gasteiger partial charge in [0.1, 0.15) is 12.4 Å². The van der Waals surface area contributed by atoms with Crippen LogP contribution in [-0.4, -0.2) is 50.3 Å². The second-order valence-corrected chi connectivity index (χ2v) is 6.24. The van der Waals surface area contributed by atoms with Gasteiger partial charge in [0.25, 0.3) is 5.91 Å². The van der Waals surface area contributed by atoms with Gasteiger partial charge in [-0.1, -0.05) is 6.07 Å². The Kier molecular flexibility index (Phi) is 4.64. The first-order valence-corrected chi connectivity index (χ1v) is 7.95. The predicted octanol–water partition coefficient (Wildman–Crippen LogP) is 1.52. The summed E-state index contributed by atoms with van der Waals surface area (Å²) in [6.07, 6.45) is 2.25. The number of hydrogen-bond acceptors (Lipinski definition) is 4. The van der Waals surface area contributed by atoms with Crippen LogP contribution in [0.4, 0.5) is 0 Å². The van der Waals surface area contributed by atoms with Gasteiger partial charge in [-0.15, -0.1) is 0 Å². The number of nitrogens with two attached hydrogens (primary N) is 1. The SMILES string of the molecule is COCCOc1cccc(C(=O)N2CC3CCC(N)C3C2)c1. The van der Waals surface area contributed by atoms with E-state index in [1.165, 1.54) is 0 Å². The van der Waals surface area contributed by atoms with Crippen molar-refractivity contribution in [2.24, 2.45) is 17.6 Å². The van der Waals surface area contributed by atoms with E-state index in [0.29, 0.717) is 36.4 Å². The van der Waals surface area contributed by atoms with Gasteiger partial charge in [0.2, 0.25) is 0 Å². The van der Waals surface area contributed by atoms with E-state index in [9.17, 15) is 4.79 Å². The summed E-state index contributed by atoms with van der Waals surface area (Å²) in [5.41, 5.74) is 6.83. The number of hydrogen-bond donors (Lipinski definition) is 1. The molecular weight excluding hydrogens is 280 g/mol. The molecule has 5 nitrogen and oxygen atoms in total. The fourth-order valence-electron chi connectivity index (χ4n) is 3.62. The quantitative estimate of drug-likeness (QED) is 0.838. The van der Waals surface area contributed by atoms with Crippen LogP contribution in [0, 0.1) is 11.8 Å². The minimum absolute atomic E-state index is 0.0822. The molecule has 1 aliphatic carbocycles. The summed E-state index contributed by atoms with van der Waals surface area (Å²) in [5.74, 6) is 1.85. The van der Waals surface area contributed by atoms with Crippen LogP contribution in [0.25, 0.3) is 0 Å². The Bertz CT molecular complexity index is 534. The van der Waals surface area contributed by atoms with E-state index in [2.05, 4.69) is 0 Å². The van der Waals surface area contributed by atoms with E-state index in [0.717, 1.165) is 25.9 Å². The second-order valence-electron chi connectivity index (χ2n) is 6.24. The molecule has 1 heterocycles. The molecule has 3 atom stereocenters. The van der Waals surface area contributed by atoms with Crippen LogP contribution in [-0.2, 0) is 4.74 Å². The zero-order chi connectivity index (χ0) is 15.5. The second kappa shape index (κ2) is 6.67. The van der Waals surface area contributed by atoms with Crippen molar-refractivity contribution in [3.05, 3.63) is 29.8 Å². The fourth-order valence-corrected chi connectivity index (χ4v) is 3.62. The van der Waals surface area contributed by atoms with Crippen LogP contribution in [0.3, 0.4) is 0 Å². The Hall–Kier alpha value is -1.59. The molecule has 2 fully saturated rings. The van der Waals surface area contributed by atoms with Crippen molar-refractivity contribution < 1.29 is 14.3 Å². The van der Waals surface area contributed by atoms with Gasteiger partial charge < -0.3 is 20.1 Å². The van der Waals surface area contributed by atoms with Crippen molar-refractivity contribution in [1.82, 2.24) is 4.90 Å². The molecule has 120 valence electrons. The van der Waals surface area contributed by atoms with Crippen LogP contribution < -0.4 is 10.5 Å². The number of ether oxygens (including phenoxy) is 2. The molecule has 1 aromatic rings. The van der Waals surface area contributed by atoms with Crippen molar-refractivity contribution in [1.29, 1.82) is 0 Å². The fraction of sp³-hybridized carbons (Fsp3) is 0.588. The number of rotatable bonds is 5. The molecule has 5 heteroatoms. The summed E-state index contributed by atoms with van der Waals surface area (Å²) < 4.78 is 10.5. The van der Waals surface area contributed by atoms with Crippen LogP contribution in [0.2, 0.25) is 0 Å². The largest absolute Gasteiger partial charge is 0.491 e. The van der Waals surface area contributed by atoms with E-state index in [-0.39, 0.29) is 11.9 Å². The Balaban J connectivity index is 1.64. The Morgan fingerprint density at radius 2 is 2.18 bits per heavy atom. The monoisotopic (exact) mass is 304 g/mol. The minimum Gasteiger partial charge on any atom is -0.491 e. The lowest BCUT2D eigenvalue weighted by molar-refractivity contribution is 0.0779. The topological polar surface area (TPSA) is 64.8 Å². The van der Waals surface area contributed by atoms with Gasteiger partial charge in [-0.3, -0.25) is 4.79 Å². The predicted molar refractivity (Wildman–Crippen MR) is 83.9 cm³/mol. The minimum atomic E-state index is 0.0822. The lowest BCUT2D eigenvalue weighted by atomic mass is 9.98.